The number of rotatable bonds is 2. The first kappa shape index (κ1) is 19.0. The molecule has 1 aliphatic rings. The molecule has 2 heterocycles. The minimum atomic E-state index is 0. The smallest absolute Gasteiger partial charge is 0.194 e. The molecule has 24 heavy (non-hydrogen) atoms. The Morgan fingerprint density at radius 3 is 2.46 bits per heavy atom. The third-order valence-corrected chi connectivity index (χ3v) is 5.64. The largest absolute Gasteiger partial charge is 0.349 e. The minimum absolute atomic E-state index is 0. The van der Waals surface area contributed by atoms with Gasteiger partial charge in [0.05, 0.1) is 17.6 Å². The third kappa shape index (κ3) is 2.89. The second-order valence-electron chi connectivity index (χ2n) is 7.51. The summed E-state index contributed by atoms with van der Waals surface area (Å²) in [5.41, 5.74) is 2.58. The highest BCUT2D eigenvalue weighted by molar-refractivity contribution is 14.0. The summed E-state index contributed by atoms with van der Waals surface area (Å²) >= 11 is 0. The zero-order chi connectivity index (χ0) is 16.8. The summed E-state index contributed by atoms with van der Waals surface area (Å²) in [4.78, 5) is 11.5. The highest BCUT2D eigenvalue weighted by atomic mass is 127. The second-order valence-corrected chi connectivity index (χ2v) is 7.51. The van der Waals surface area contributed by atoms with Crippen LogP contribution >= 0.6 is 24.0 Å². The highest BCUT2D eigenvalue weighted by Gasteiger charge is 2.53. The standard InChI is InChI=1S/C18H27N5.HI/c1-17(2)12-23(18(17,3)4)16(19-5)20-11-15-21-13-9-7-8-10-14(13)22(15)6;/h7-10H,11-12H2,1-6H3,(H,19,20);1H. The Bertz CT molecular complexity index is 760. The molecule has 1 fully saturated rings. The predicted molar refractivity (Wildman–Crippen MR) is 111 cm³/mol. The zero-order valence-electron chi connectivity index (χ0n) is 15.4. The Kier molecular flexibility index (Phi) is 5.18. The van der Waals surface area contributed by atoms with Crippen molar-refractivity contribution in [2.45, 2.75) is 39.8 Å². The number of likely N-dealkylation sites (tertiary alicyclic amines) is 1. The zero-order valence-corrected chi connectivity index (χ0v) is 17.8. The van der Waals surface area contributed by atoms with E-state index in [-0.39, 0.29) is 29.5 Å². The molecule has 0 amide bonds. The number of para-hydroxylation sites is 2. The summed E-state index contributed by atoms with van der Waals surface area (Å²) in [6.07, 6.45) is 0. The van der Waals surface area contributed by atoms with Crippen molar-refractivity contribution in [3.05, 3.63) is 30.1 Å². The van der Waals surface area contributed by atoms with Gasteiger partial charge in [-0.15, -0.1) is 24.0 Å². The molecule has 3 rings (SSSR count). The third-order valence-electron chi connectivity index (χ3n) is 5.64. The van der Waals surface area contributed by atoms with Crippen LogP contribution in [0.15, 0.2) is 29.3 Å². The summed E-state index contributed by atoms with van der Waals surface area (Å²) in [5.74, 6) is 1.96. The van der Waals surface area contributed by atoms with Gasteiger partial charge in [0, 0.05) is 31.6 Å². The summed E-state index contributed by atoms with van der Waals surface area (Å²) in [6.45, 7) is 10.9. The monoisotopic (exact) mass is 441 g/mol. The molecule has 1 aromatic heterocycles. The summed E-state index contributed by atoms with van der Waals surface area (Å²) in [5, 5.41) is 3.48. The lowest BCUT2D eigenvalue weighted by Crippen LogP contribution is -2.72. The molecular weight excluding hydrogens is 413 g/mol. The van der Waals surface area contributed by atoms with Gasteiger partial charge < -0.3 is 14.8 Å². The molecule has 0 spiro atoms. The van der Waals surface area contributed by atoms with E-state index < -0.39 is 0 Å². The van der Waals surface area contributed by atoms with E-state index in [0.717, 1.165) is 29.4 Å². The number of nitrogens with zero attached hydrogens (tertiary/aromatic N) is 4. The number of aliphatic imine (C=N–C) groups is 1. The number of halogens is 1. The van der Waals surface area contributed by atoms with E-state index in [2.05, 4.69) is 66.7 Å². The molecule has 1 aliphatic heterocycles. The second kappa shape index (κ2) is 6.54. The maximum Gasteiger partial charge on any atom is 0.194 e. The summed E-state index contributed by atoms with van der Waals surface area (Å²) in [7, 11) is 3.91. The van der Waals surface area contributed by atoms with Crippen molar-refractivity contribution in [3.8, 4) is 0 Å². The molecule has 1 N–H and O–H groups in total. The van der Waals surface area contributed by atoms with Crippen molar-refractivity contribution in [1.29, 1.82) is 0 Å². The molecule has 0 saturated carbocycles. The normalized spacial score (nSPS) is 18.9. The SMILES string of the molecule is CN=C(NCc1nc2ccccc2n1C)N1CC(C)(C)C1(C)C.I. The van der Waals surface area contributed by atoms with Gasteiger partial charge in [-0.25, -0.2) is 4.98 Å². The van der Waals surface area contributed by atoms with Gasteiger partial charge in [-0.2, -0.15) is 0 Å². The van der Waals surface area contributed by atoms with E-state index in [1.807, 2.05) is 19.2 Å². The number of aryl methyl sites for hydroxylation is 1. The maximum atomic E-state index is 4.71. The average molecular weight is 441 g/mol. The van der Waals surface area contributed by atoms with Crippen LogP contribution in [0.5, 0.6) is 0 Å². The van der Waals surface area contributed by atoms with Crippen LogP contribution in [0.2, 0.25) is 0 Å². The van der Waals surface area contributed by atoms with E-state index in [9.17, 15) is 0 Å². The van der Waals surface area contributed by atoms with Crippen LogP contribution in [0.3, 0.4) is 0 Å². The number of hydrogen-bond donors (Lipinski definition) is 1. The van der Waals surface area contributed by atoms with Crippen molar-refractivity contribution in [1.82, 2.24) is 19.8 Å². The molecule has 0 radical (unpaired) electrons. The quantitative estimate of drug-likeness (QED) is 0.442. The molecule has 6 heteroatoms. The van der Waals surface area contributed by atoms with Crippen LogP contribution in [-0.2, 0) is 13.6 Å². The number of aromatic nitrogens is 2. The van der Waals surface area contributed by atoms with Crippen LogP contribution in [0, 0.1) is 5.41 Å². The molecule has 1 saturated heterocycles. The minimum Gasteiger partial charge on any atom is -0.349 e. The van der Waals surface area contributed by atoms with E-state index in [1.54, 1.807) is 0 Å². The van der Waals surface area contributed by atoms with Crippen LogP contribution in [0.25, 0.3) is 11.0 Å². The Balaban J connectivity index is 0.00000208. The lowest BCUT2D eigenvalue weighted by molar-refractivity contribution is -0.0668. The molecular formula is C18H28IN5. The molecule has 1 aromatic carbocycles. The Morgan fingerprint density at radius 1 is 1.25 bits per heavy atom. The Morgan fingerprint density at radius 2 is 1.92 bits per heavy atom. The van der Waals surface area contributed by atoms with Gasteiger partial charge in [0.1, 0.15) is 5.82 Å². The first-order valence-electron chi connectivity index (χ1n) is 8.16. The number of fused-ring (bicyclic) bond motifs is 1. The lowest BCUT2D eigenvalue weighted by atomic mass is 9.65. The van der Waals surface area contributed by atoms with Gasteiger partial charge >= 0.3 is 0 Å². The van der Waals surface area contributed by atoms with Gasteiger partial charge in [0.2, 0.25) is 0 Å². The molecule has 132 valence electrons. The van der Waals surface area contributed by atoms with Crippen molar-refractivity contribution in [2.75, 3.05) is 13.6 Å². The van der Waals surface area contributed by atoms with Gasteiger partial charge in [-0.05, 0) is 26.0 Å². The van der Waals surface area contributed by atoms with E-state index in [1.165, 1.54) is 0 Å². The molecule has 0 unspecified atom stereocenters. The summed E-state index contributed by atoms with van der Waals surface area (Å²) < 4.78 is 2.14. The number of imidazole rings is 1. The molecule has 0 aliphatic carbocycles. The van der Waals surface area contributed by atoms with Crippen LogP contribution in [-0.4, -0.2) is 39.5 Å². The molecule has 0 bridgehead atoms. The fourth-order valence-corrected chi connectivity index (χ4v) is 3.21. The van der Waals surface area contributed by atoms with Crippen molar-refractivity contribution in [2.24, 2.45) is 17.5 Å². The fourth-order valence-electron chi connectivity index (χ4n) is 3.21. The van der Waals surface area contributed by atoms with Crippen LogP contribution in [0.1, 0.15) is 33.5 Å². The average Bonchev–Trinajstić information content (AvgIpc) is 2.83. The highest BCUT2D eigenvalue weighted by Crippen LogP contribution is 2.46. The number of hydrogen-bond acceptors (Lipinski definition) is 2. The fraction of sp³-hybridized carbons (Fsp3) is 0.556. The van der Waals surface area contributed by atoms with Gasteiger partial charge in [0.15, 0.2) is 5.96 Å². The van der Waals surface area contributed by atoms with Crippen molar-refractivity contribution in [3.63, 3.8) is 0 Å². The van der Waals surface area contributed by atoms with E-state index >= 15 is 0 Å². The first-order chi connectivity index (χ1) is 10.8. The lowest BCUT2D eigenvalue weighted by Gasteiger charge is -2.62. The van der Waals surface area contributed by atoms with Crippen LogP contribution in [0.4, 0.5) is 0 Å². The van der Waals surface area contributed by atoms with Gasteiger partial charge in [0.25, 0.3) is 0 Å². The maximum absolute atomic E-state index is 4.71. The predicted octanol–water partition coefficient (Wildman–Crippen LogP) is 3.39. The van der Waals surface area contributed by atoms with Crippen molar-refractivity contribution >= 4 is 41.0 Å². The van der Waals surface area contributed by atoms with Gasteiger partial charge in [-0.3, -0.25) is 4.99 Å². The number of benzene rings is 1. The van der Waals surface area contributed by atoms with Crippen molar-refractivity contribution < 1.29 is 0 Å². The first-order valence-corrected chi connectivity index (χ1v) is 8.16. The number of nitrogens with one attached hydrogen (secondary N) is 1. The molecule has 5 nitrogen and oxygen atoms in total. The van der Waals surface area contributed by atoms with E-state index in [0.29, 0.717) is 12.0 Å². The topological polar surface area (TPSA) is 45.5 Å². The van der Waals surface area contributed by atoms with Crippen LogP contribution < -0.4 is 5.32 Å². The Labute approximate surface area is 161 Å². The van der Waals surface area contributed by atoms with E-state index in [4.69, 9.17) is 4.98 Å². The van der Waals surface area contributed by atoms with Gasteiger partial charge in [-0.1, -0.05) is 26.0 Å². The molecule has 0 atom stereocenters. The molecule has 2 aromatic rings. The summed E-state index contributed by atoms with van der Waals surface area (Å²) in [6, 6.07) is 8.22. The Hall–Kier alpha value is -1.31. The number of guanidine groups is 1.